The Hall–Kier alpha value is -1.96. The molecule has 44 heavy (non-hydrogen) atoms. The van der Waals surface area contributed by atoms with Gasteiger partial charge in [-0.3, -0.25) is 0 Å². The van der Waals surface area contributed by atoms with E-state index in [1.165, 1.54) is 66.8 Å². The van der Waals surface area contributed by atoms with Crippen LogP contribution in [0.3, 0.4) is 0 Å². The molecule has 0 N–H and O–H groups in total. The molecule has 2 aliphatic rings. The predicted octanol–water partition coefficient (Wildman–Crippen LogP) is 12.5. The zero-order valence-electron chi connectivity index (χ0n) is 27.1. The first-order valence-electron chi connectivity index (χ1n) is 16.6. The molecule has 0 saturated heterocycles. The van der Waals surface area contributed by atoms with Gasteiger partial charge in [0.1, 0.15) is 0 Å². The van der Waals surface area contributed by atoms with Crippen LogP contribution < -0.4 is 0 Å². The number of aryl methyl sites for hydroxylation is 2. The fourth-order valence-corrected chi connectivity index (χ4v) is 40.1. The van der Waals surface area contributed by atoms with Crippen LogP contribution in [0.4, 0.5) is 0 Å². The summed E-state index contributed by atoms with van der Waals surface area (Å²) >= 11 is -4.77. The van der Waals surface area contributed by atoms with E-state index < -0.39 is 21.5 Å². The molecule has 4 aromatic rings. The second-order valence-corrected chi connectivity index (χ2v) is 55.5. The summed E-state index contributed by atoms with van der Waals surface area (Å²) in [6.45, 7) is 14.0. The van der Waals surface area contributed by atoms with E-state index in [4.69, 9.17) is 17.0 Å². The van der Waals surface area contributed by atoms with Gasteiger partial charge in [-0.2, -0.15) is 0 Å². The molecule has 2 aliphatic carbocycles. The molecule has 6 rings (SSSR count). The fraction of sp³-hybridized carbons (Fsp3) is 0.300. The van der Waals surface area contributed by atoms with E-state index in [9.17, 15) is 0 Å². The van der Waals surface area contributed by atoms with Gasteiger partial charge < -0.3 is 0 Å². The summed E-state index contributed by atoms with van der Waals surface area (Å²) in [6.07, 6.45) is 8.91. The van der Waals surface area contributed by atoms with Crippen molar-refractivity contribution in [3.8, 4) is 22.3 Å². The van der Waals surface area contributed by atoms with Gasteiger partial charge >= 0.3 is 276 Å². The molecule has 0 saturated carbocycles. The van der Waals surface area contributed by atoms with Gasteiger partial charge in [0.25, 0.3) is 0 Å². The summed E-state index contributed by atoms with van der Waals surface area (Å²) in [5, 5.41) is 0. The Labute approximate surface area is 274 Å². The molecule has 0 nitrogen and oxygen atoms in total. The van der Waals surface area contributed by atoms with Gasteiger partial charge in [-0.15, -0.1) is 0 Å². The summed E-state index contributed by atoms with van der Waals surface area (Å²) in [5.41, 5.74) is 16.4. The Morgan fingerprint density at radius 3 is 1.27 bits per heavy atom. The van der Waals surface area contributed by atoms with Gasteiger partial charge in [0, 0.05) is 0 Å². The van der Waals surface area contributed by atoms with Crippen LogP contribution in [-0.4, -0.2) is 5.92 Å². The van der Waals surface area contributed by atoms with E-state index in [1.54, 1.807) is 0 Å². The van der Waals surface area contributed by atoms with E-state index in [0.717, 1.165) is 25.7 Å². The molecule has 2 unspecified atom stereocenters. The second-order valence-electron chi connectivity index (χ2n) is 13.0. The summed E-state index contributed by atoms with van der Waals surface area (Å²) in [5.74, 6) is -1.60. The van der Waals surface area contributed by atoms with E-state index in [-0.39, 0.29) is 7.25 Å². The van der Waals surface area contributed by atoms with Crippen molar-refractivity contribution in [1.29, 1.82) is 0 Å². The molecular formula is C40H45Cl2SiZr. The van der Waals surface area contributed by atoms with E-state index in [2.05, 4.69) is 138 Å². The second kappa shape index (κ2) is 12.3. The number of hydrogen-bond acceptors (Lipinski definition) is 0. The molecular weight excluding hydrogens is 671 g/mol. The topological polar surface area (TPSA) is 0 Å². The SMILES string of the molecule is CCC1=Cc2c(-c3ccccc3CC)cccc2[CH]1[Zr]([Cl])([Cl])([CH]1C(CC)=Cc2c(-c3ccccc3CC)cccc21)[SiH](C)C. The average molecular weight is 716 g/mol. The summed E-state index contributed by atoms with van der Waals surface area (Å²) < 4.78 is 0.246. The number of allylic oxidation sites excluding steroid dienone is 2. The maximum absolute atomic E-state index is 8.61. The molecule has 0 radical (unpaired) electrons. The molecule has 0 spiro atoms. The van der Waals surface area contributed by atoms with Gasteiger partial charge in [-0.25, -0.2) is 0 Å². The Morgan fingerprint density at radius 1 is 0.523 bits per heavy atom. The standard InChI is InChI=1S/2C19H19.C2H7Si.2ClH.Zr/c2*1-3-14-12-16-9-7-11-18(19(16)13-14)17-10-6-5-8-15(17)4-2;1-3-2;;;/h2*5-13H,3-4H2,1-2H3;3H,1-2H3;2*1H;/q;;;;;+2/p-2. The van der Waals surface area contributed by atoms with E-state index in [1.807, 2.05) is 0 Å². The van der Waals surface area contributed by atoms with Crippen LogP contribution in [0.2, 0.25) is 13.1 Å². The van der Waals surface area contributed by atoms with E-state index >= 15 is 0 Å². The molecule has 0 bridgehead atoms. The number of benzene rings is 4. The quantitative estimate of drug-likeness (QED) is 0.151. The maximum atomic E-state index is 8.61. The normalized spacial score (nSPS) is 18.4. The van der Waals surface area contributed by atoms with Crippen molar-refractivity contribution in [3.05, 3.63) is 129 Å². The van der Waals surface area contributed by atoms with Gasteiger partial charge in [0.2, 0.25) is 0 Å². The minimum atomic E-state index is -4.77. The summed E-state index contributed by atoms with van der Waals surface area (Å²) in [6, 6.07) is 31.6. The van der Waals surface area contributed by atoms with Gasteiger partial charge in [-0.1, -0.05) is 0 Å². The molecule has 0 fully saturated rings. The number of rotatable bonds is 9. The summed E-state index contributed by atoms with van der Waals surface area (Å²) in [4.78, 5) is 0. The van der Waals surface area contributed by atoms with Crippen molar-refractivity contribution in [3.63, 3.8) is 0 Å². The van der Waals surface area contributed by atoms with Crippen molar-refractivity contribution in [2.24, 2.45) is 0 Å². The van der Waals surface area contributed by atoms with Crippen LogP contribution >= 0.6 is 17.0 Å². The van der Waals surface area contributed by atoms with Crippen molar-refractivity contribution in [2.75, 3.05) is 0 Å². The zero-order valence-corrected chi connectivity index (χ0v) is 32.2. The molecule has 4 heteroatoms. The first-order chi connectivity index (χ1) is 21.2. The molecule has 0 aromatic heterocycles. The first kappa shape index (κ1) is 32.0. The van der Waals surface area contributed by atoms with Crippen LogP contribution in [0.25, 0.3) is 34.4 Å². The number of hydrogen-bond donors (Lipinski definition) is 0. The van der Waals surface area contributed by atoms with Gasteiger partial charge in [0.15, 0.2) is 0 Å². The number of fused-ring (bicyclic) bond motifs is 2. The summed E-state index contributed by atoms with van der Waals surface area (Å²) in [7, 11) is 17.2. The van der Waals surface area contributed by atoms with Crippen LogP contribution in [0.5, 0.6) is 0 Å². The molecule has 0 heterocycles. The van der Waals surface area contributed by atoms with Crippen LogP contribution in [0.15, 0.2) is 96.1 Å². The van der Waals surface area contributed by atoms with Crippen LogP contribution in [0, 0.1) is 0 Å². The minimum absolute atomic E-state index is 0.123. The fourth-order valence-electron chi connectivity index (χ4n) is 8.33. The third-order valence-corrected chi connectivity index (χ3v) is 62.6. The van der Waals surface area contributed by atoms with Crippen LogP contribution in [-0.2, 0) is 28.4 Å². The van der Waals surface area contributed by atoms with Gasteiger partial charge in [0.05, 0.1) is 0 Å². The van der Waals surface area contributed by atoms with E-state index in [0.29, 0.717) is 0 Å². The Balaban J connectivity index is 1.59. The molecule has 227 valence electrons. The predicted molar refractivity (Wildman–Crippen MR) is 195 cm³/mol. The Morgan fingerprint density at radius 2 is 0.909 bits per heavy atom. The van der Waals surface area contributed by atoms with Crippen molar-refractivity contribution < 1.29 is 15.6 Å². The van der Waals surface area contributed by atoms with Crippen LogP contribution in [0.1, 0.15) is 81.2 Å². The third kappa shape index (κ3) is 4.86. The molecule has 0 aliphatic heterocycles. The van der Waals surface area contributed by atoms with Crippen molar-refractivity contribution >= 4 is 35.1 Å². The monoisotopic (exact) mass is 713 g/mol. The van der Waals surface area contributed by atoms with Crippen molar-refractivity contribution in [1.82, 2.24) is 0 Å². The average Bonchev–Trinajstić information content (AvgIpc) is 3.64. The zero-order chi connectivity index (χ0) is 31.2. The van der Waals surface area contributed by atoms with Crippen molar-refractivity contribution in [2.45, 2.75) is 73.7 Å². The number of halogens is 2. The third-order valence-electron chi connectivity index (χ3n) is 10.7. The molecule has 4 aromatic carbocycles. The molecule has 2 atom stereocenters. The Kier molecular flexibility index (Phi) is 8.97. The Bertz CT molecular complexity index is 1670. The van der Waals surface area contributed by atoms with Gasteiger partial charge in [-0.05, 0) is 0 Å². The molecule has 0 amide bonds. The first-order valence-corrected chi connectivity index (χ1v) is 32.9.